The highest BCUT2D eigenvalue weighted by Crippen LogP contribution is 2.36. The molecule has 2 rings (SSSR count). The Balaban J connectivity index is 2.54. The van der Waals surface area contributed by atoms with Crippen molar-refractivity contribution in [3.8, 4) is 11.5 Å². The molecule has 0 amide bonds. The highest BCUT2D eigenvalue weighted by Gasteiger charge is 2.25. The van der Waals surface area contributed by atoms with Crippen LogP contribution in [0.4, 0.5) is 5.69 Å². The molecule has 7 nitrogen and oxygen atoms in total. The van der Waals surface area contributed by atoms with Crippen LogP contribution >= 0.6 is 27.5 Å². The van der Waals surface area contributed by atoms with Crippen LogP contribution in [0.3, 0.4) is 0 Å². The summed E-state index contributed by atoms with van der Waals surface area (Å²) in [5.74, 6) is -2.01. The van der Waals surface area contributed by atoms with E-state index in [1.807, 2.05) is 0 Å². The molecule has 0 aliphatic carbocycles. The van der Waals surface area contributed by atoms with Gasteiger partial charge < -0.3 is 10.2 Å². The summed E-state index contributed by atoms with van der Waals surface area (Å²) in [7, 11) is -4.07. The van der Waals surface area contributed by atoms with Crippen molar-refractivity contribution >= 4 is 43.1 Å². The molecule has 0 atom stereocenters. The molecule has 0 saturated heterocycles. The van der Waals surface area contributed by atoms with Crippen molar-refractivity contribution in [3.63, 3.8) is 0 Å². The summed E-state index contributed by atoms with van der Waals surface area (Å²) in [6, 6.07) is 5.88. The highest BCUT2D eigenvalue weighted by atomic mass is 79.9. The Kier molecular flexibility index (Phi) is 4.83. The van der Waals surface area contributed by atoms with E-state index >= 15 is 0 Å². The van der Waals surface area contributed by atoms with E-state index < -0.39 is 37.7 Å². The number of aromatic hydroxyl groups is 2. The van der Waals surface area contributed by atoms with E-state index in [9.17, 15) is 28.7 Å². The second-order valence-corrected chi connectivity index (χ2v) is 7.87. The molecule has 0 unspecified atom stereocenters. The minimum atomic E-state index is -4.07. The third kappa shape index (κ3) is 3.74. The number of benzene rings is 2. The predicted molar refractivity (Wildman–Crippen MR) is 86.5 cm³/mol. The first-order valence-corrected chi connectivity index (χ1v) is 8.81. The van der Waals surface area contributed by atoms with Gasteiger partial charge in [-0.1, -0.05) is 27.5 Å². The maximum absolute atomic E-state index is 12.4. The zero-order valence-electron chi connectivity index (χ0n) is 11.2. The fourth-order valence-corrected chi connectivity index (χ4v) is 4.13. The number of phenolic OH excluding ortho intramolecular Hbond substituents is 2. The molecule has 0 bridgehead atoms. The summed E-state index contributed by atoms with van der Waals surface area (Å²) in [5.41, 5.74) is -0.926. The molecule has 0 aromatic heterocycles. The van der Waals surface area contributed by atoms with E-state index in [-0.39, 0.29) is 15.5 Å². The fourth-order valence-electron chi connectivity index (χ4n) is 1.91. The van der Waals surface area contributed by atoms with Crippen LogP contribution in [0.2, 0.25) is 5.02 Å². The lowest BCUT2D eigenvalue weighted by atomic mass is 10.2. The average molecular weight is 423 g/mol. The Morgan fingerprint density at radius 3 is 2.48 bits per heavy atom. The van der Waals surface area contributed by atoms with Gasteiger partial charge in [0.15, 0.2) is 15.6 Å². The van der Waals surface area contributed by atoms with Crippen LogP contribution in [-0.2, 0) is 15.6 Å². The monoisotopic (exact) mass is 421 g/mol. The van der Waals surface area contributed by atoms with Crippen LogP contribution in [0.5, 0.6) is 11.5 Å². The van der Waals surface area contributed by atoms with Gasteiger partial charge in [0.05, 0.1) is 10.7 Å². The maximum Gasteiger partial charge on any atom is 0.312 e. The quantitative estimate of drug-likeness (QED) is 0.576. The first kappa shape index (κ1) is 17.5. The maximum atomic E-state index is 12.4. The van der Waals surface area contributed by atoms with Crippen molar-refractivity contribution in [1.29, 1.82) is 0 Å². The molecule has 0 heterocycles. The lowest BCUT2D eigenvalue weighted by Gasteiger charge is -2.09. The second-order valence-electron chi connectivity index (χ2n) is 4.56. The Morgan fingerprint density at radius 1 is 1.22 bits per heavy atom. The Labute approximate surface area is 144 Å². The number of nitrogens with zero attached hydrogens (tertiary/aromatic N) is 1. The molecule has 0 saturated carbocycles. The van der Waals surface area contributed by atoms with Crippen LogP contribution in [0, 0.1) is 10.1 Å². The number of phenols is 2. The van der Waals surface area contributed by atoms with Gasteiger partial charge >= 0.3 is 5.69 Å². The van der Waals surface area contributed by atoms with Crippen LogP contribution in [0.25, 0.3) is 0 Å². The molecule has 2 N–H and O–H groups in total. The first-order valence-electron chi connectivity index (χ1n) is 5.99. The van der Waals surface area contributed by atoms with Gasteiger partial charge in [-0.2, -0.15) is 0 Å². The normalized spacial score (nSPS) is 11.4. The molecule has 10 heteroatoms. The molecule has 0 radical (unpaired) electrons. The average Bonchev–Trinajstić information content (AvgIpc) is 2.44. The van der Waals surface area contributed by atoms with Gasteiger partial charge in [-0.25, -0.2) is 8.42 Å². The van der Waals surface area contributed by atoms with E-state index in [4.69, 9.17) is 11.6 Å². The number of hydrogen-bond donors (Lipinski definition) is 2. The van der Waals surface area contributed by atoms with Crippen LogP contribution in [0.1, 0.15) is 5.56 Å². The number of halogens is 2. The summed E-state index contributed by atoms with van der Waals surface area (Å²) in [4.78, 5) is 9.62. The molecule has 0 spiro atoms. The summed E-state index contributed by atoms with van der Waals surface area (Å²) in [6.07, 6.45) is 0. The molecule has 122 valence electrons. The Morgan fingerprint density at radius 2 is 1.87 bits per heavy atom. The third-order valence-corrected chi connectivity index (χ3v) is 5.33. The Bertz CT molecular complexity index is 900. The molecule has 0 fully saturated rings. The van der Waals surface area contributed by atoms with Gasteiger partial charge in [-0.15, -0.1) is 0 Å². The number of rotatable bonds is 4. The zero-order chi connectivity index (χ0) is 17.4. The largest absolute Gasteiger partial charge is 0.507 e. The smallest absolute Gasteiger partial charge is 0.312 e. The lowest BCUT2D eigenvalue weighted by molar-refractivity contribution is -0.385. The molecule has 23 heavy (non-hydrogen) atoms. The minimum absolute atomic E-state index is 0.0850. The molecular weight excluding hydrogens is 414 g/mol. The Hall–Kier alpha value is -1.84. The van der Waals surface area contributed by atoms with Crippen molar-refractivity contribution in [2.75, 3.05) is 0 Å². The minimum Gasteiger partial charge on any atom is -0.507 e. The number of nitro benzene ring substituents is 1. The summed E-state index contributed by atoms with van der Waals surface area (Å²) >= 11 is 8.83. The van der Waals surface area contributed by atoms with Gasteiger partial charge in [0.2, 0.25) is 0 Å². The van der Waals surface area contributed by atoms with Crippen molar-refractivity contribution in [3.05, 3.63) is 55.5 Å². The highest BCUT2D eigenvalue weighted by molar-refractivity contribution is 9.10. The van der Waals surface area contributed by atoms with E-state index in [1.165, 1.54) is 18.2 Å². The van der Waals surface area contributed by atoms with Crippen molar-refractivity contribution in [2.45, 2.75) is 10.6 Å². The van der Waals surface area contributed by atoms with E-state index in [0.717, 1.165) is 12.1 Å². The van der Waals surface area contributed by atoms with E-state index in [1.54, 1.807) is 0 Å². The fraction of sp³-hybridized carbons (Fsp3) is 0.0769. The van der Waals surface area contributed by atoms with Gasteiger partial charge in [0, 0.05) is 21.1 Å². The van der Waals surface area contributed by atoms with Crippen LogP contribution < -0.4 is 0 Å². The molecule has 0 aliphatic heterocycles. The van der Waals surface area contributed by atoms with Crippen molar-refractivity contribution < 1.29 is 23.6 Å². The van der Waals surface area contributed by atoms with Gasteiger partial charge in [-0.05, 0) is 24.3 Å². The summed E-state index contributed by atoms with van der Waals surface area (Å²) < 4.78 is 25.3. The van der Waals surface area contributed by atoms with Crippen LogP contribution in [-0.4, -0.2) is 23.6 Å². The number of nitro groups is 1. The second kappa shape index (κ2) is 6.34. The summed E-state index contributed by atoms with van der Waals surface area (Å²) in [5, 5.41) is 30.4. The third-order valence-electron chi connectivity index (χ3n) is 2.93. The van der Waals surface area contributed by atoms with E-state index in [2.05, 4.69) is 15.9 Å². The SMILES string of the molecule is O=[N+]([O-])c1cc(Cl)cc(CS(=O)(=O)c2cc(Br)ccc2O)c1O. The standard InChI is InChI=1S/C13H9BrClNO6S/c14-8-1-2-11(17)12(4-8)23(21,22)6-7-3-9(15)5-10(13(7)18)16(19)20/h1-5,17-18H,6H2. The van der Waals surface area contributed by atoms with Crippen molar-refractivity contribution in [1.82, 2.24) is 0 Å². The topological polar surface area (TPSA) is 118 Å². The first-order chi connectivity index (χ1) is 10.6. The van der Waals surface area contributed by atoms with Gasteiger partial charge in [0.25, 0.3) is 0 Å². The zero-order valence-corrected chi connectivity index (χ0v) is 14.4. The molecule has 2 aromatic carbocycles. The number of hydrogen-bond acceptors (Lipinski definition) is 6. The predicted octanol–water partition coefficient (Wildman–Crippen LogP) is 3.40. The summed E-state index contributed by atoms with van der Waals surface area (Å²) in [6.45, 7) is 0. The van der Waals surface area contributed by atoms with Crippen LogP contribution in [0.15, 0.2) is 39.7 Å². The lowest BCUT2D eigenvalue weighted by Crippen LogP contribution is -2.06. The molecule has 0 aliphatic rings. The van der Waals surface area contributed by atoms with E-state index in [0.29, 0.717) is 4.47 Å². The van der Waals surface area contributed by atoms with Gasteiger partial charge in [-0.3, -0.25) is 10.1 Å². The molecular formula is C13H9BrClNO6S. The molecule has 2 aromatic rings. The van der Waals surface area contributed by atoms with Gasteiger partial charge in [0.1, 0.15) is 10.6 Å². The number of sulfone groups is 1. The van der Waals surface area contributed by atoms with Crippen molar-refractivity contribution in [2.24, 2.45) is 0 Å².